The summed E-state index contributed by atoms with van der Waals surface area (Å²) >= 11 is 5.71. The highest BCUT2D eigenvalue weighted by Gasteiger charge is 2.06. The van der Waals surface area contributed by atoms with Crippen molar-refractivity contribution in [1.29, 1.82) is 0 Å². The SMILES string of the molecule is Cc1ccc(CN)c(Oc2ccc(F)c(Cl)c2)c1. The molecule has 0 atom stereocenters. The molecule has 2 aromatic carbocycles. The molecule has 0 aliphatic carbocycles. The quantitative estimate of drug-likeness (QED) is 0.909. The van der Waals surface area contributed by atoms with Gasteiger partial charge < -0.3 is 10.5 Å². The lowest BCUT2D eigenvalue weighted by atomic mass is 10.1. The Morgan fingerprint density at radius 3 is 2.67 bits per heavy atom. The van der Waals surface area contributed by atoms with Crippen molar-refractivity contribution in [2.75, 3.05) is 0 Å². The number of nitrogens with two attached hydrogens (primary N) is 1. The highest BCUT2D eigenvalue weighted by atomic mass is 35.5. The zero-order chi connectivity index (χ0) is 13.1. The highest BCUT2D eigenvalue weighted by molar-refractivity contribution is 6.30. The summed E-state index contributed by atoms with van der Waals surface area (Å²) in [5.74, 6) is 0.689. The van der Waals surface area contributed by atoms with Gasteiger partial charge in [0.2, 0.25) is 0 Å². The van der Waals surface area contributed by atoms with E-state index < -0.39 is 5.82 Å². The van der Waals surface area contributed by atoms with Crippen LogP contribution in [-0.4, -0.2) is 0 Å². The number of aryl methyl sites for hydroxylation is 1. The minimum atomic E-state index is -0.465. The Morgan fingerprint density at radius 1 is 1.22 bits per heavy atom. The van der Waals surface area contributed by atoms with Gasteiger partial charge in [-0.3, -0.25) is 0 Å². The minimum absolute atomic E-state index is 0.0365. The van der Waals surface area contributed by atoms with Crippen molar-refractivity contribution in [3.8, 4) is 11.5 Å². The standard InChI is InChI=1S/C14H13ClFNO/c1-9-2-3-10(8-17)14(6-9)18-11-4-5-13(16)12(15)7-11/h2-7H,8,17H2,1H3. The van der Waals surface area contributed by atoms with E-state index in [1.165, 1.54) is 18.2 Å². The number of hydrogen-bond acceptors (Lipinski definition) is 2. The lowest BCUT2D eigenvalue weighted by Gasteiger charge is -2.11. The van der Waals surface area contributed by atoms with Gasteiger partial charge in [-0.05, 0) is 30.7 Å². The first-order valence-electron chi connectivity index (χ1n) is 5.52. The van der Waals surface area contributed by atoms with Gasteiger partial charge in [-0.25, -0.2) is 4.39 Å². The summed E-state index contributed by atoms with van der Waals surface area (Å²) in [5, 5.41) is 0.0365. The lowest BCUT2D eigenvalue weighted by Crippen LogP contribution is -1.99. The van der Waals surface area contributed by atoms with Crippen molar-refractivity contribution in [2.24, 2.45) is 5.73 Å². The molecule has 2 rings (SSSR count). The molecular formula is C14H13ClFNO. The third-order valence-corrected chi connectivity index (χ3v) is 2.85. The molecule has 0 spiro atoms. The minimum Gasteiger partial charge on any atom is -0.457 e. The first-order valence-corrected chi connectivity index (χ1v) is 5.90. The van der Waals surface area contributed by atoms with Gasteiger partial charge in [0.15, 0.2) is 0 Å². The van der Waals surface area contributed by atoms with Crippen molar-refractivity contribution in [1.82, 2.24) is 0 Å². The van der Waals surface area contributed by atoms with Crippen molar-refractivity contribution in [3.63, 3.8) is 0 Å². The van der Waals surface area contributed by atoms with E-state index in [-0.39, 0.29) is 5.02 Å². The van der Waals surface area contributed by atoms with Crippen LogP contribution in [0.4, 0.5) is 4.39 Å². The van der Waals surface area contributed by atoms with Crippen LogP contribution in [-0.2, 0) is 6.54 Å². The molecule has 18 heavy (non-hydrogen) atoms. The van der Waals surface area contributed by atoms with Gasteiger partial charge in [0.05, 0.1) is 5.02 Å². The van der Waals surface area contributed by atoms with E-state index in [1.54, 1.807) is 0 Å². The van der Waals surface area contributed by atoms with Crippen LogP contribution in [0.1, 0.15) is 11.1 Å². The van der Waals surface area contributed by atoms with Crippen LogP contribution >= 0.6 is 11.6 Å². The number of benzene rings is 2. The lowest BCUT2D eigenvalue weighted by molar-refractivity contribution is 0.474. The van der Waals surface area contributed by atoms with E-state index in [0.29, 0.717) is 18.0 Å². The van der Waals surface area contributed by atoms with Gasteiger partial charge >= 0.3 is 0 Å². The van der Waals surface area contributed by atoms with Crippen molar-refractivity contribution < 1.29 is 9.13 Å². The van der Waals surface area contributed by atoms with Crippen LogP contribution in [0.15, 0.2) is 36.4 Å². The molecule has 0 aliphatic heterocycles. The van der Waals surface area contributed by atoms with Crippen molar-refractivity contribution >= 4 is 11.6 Å². The summed E-state index contributed by atoms with van der Waals surface area (Å²) in [6.07, 6.45) is 0. The first kappa shape index (κ1) is 12.9. The Morgan fingerprint density at radius 2 is 2.00 bits per heavy atom. The second kappa shape index (κ2) is 5.38. The summed E-state index contributed by atoms with van der Waals surface area (Å²) in [6, 6.07) is 10.0. The van der Waals surface area contributed by atoms with E-state index >= 15 is 0 Å². The second-order valence-corrected chi connectivity index (χ2v) is 4.40. The molecule has 2 N–H and O–H groups in total. The molecule has 2 aromatic rings. The first-order chi connectivity index (χ1) is 8.60. The summed E-state index contributed by atoms with van der Waals surface area (Å²) in [6.45, 7) is 2.34. The van der Waals surface area contributed by atoms with Crippen molar-refractivity contribution in [3.05, 3.63) is 58.4 Å². The van der Waals surface area contributed by atoms with Gasteiger partial charge in [-0.2, -0.15) is 0 Å². The fourth-order valence-electron chi connectivity index (χ4n) is 1.59. The molecule has 0 radical (unpaired) electrons. The number of halogens is 2. The third kappa shape index (κ3) is 2.81. The number of ether oxygens (including phenoxy) is 1. The van der Waals surface area contributed by atoms with Crippen LogP contribution < -0.4 is 10.5 Å². The van der Waals surface area contributed by atoms with Crippen LogP contribution in [0.25, 0.3) is 0 Å². The van der Waals surface area contributed by atoms with E-state index in [1.807, 2.05) is 25.1 Å². The highest BCUT2D eigenvalue weighted by Crippen LogP contribution is 2.29. The van der Waals surface area contributed by atoms with E-state index in [9.17, 15) is 4.39 Å². The predicted octanol–water partition coefficient (Wildman–Crippen LogP) is 4.04. The molecule has 2 nitrogen and oxygen atoms in total. The molecule has 4 heteroatoms. The number of rotatable bonds is 3. The van der Waals surface area contributed by atoms with E-state index in [0.717, 1.165) is 11.1 Å². The van der Waals surface area contributed by atoms with Crippen molar-refractivity contribution in [2.45, 2.75) is 13.5 Å². The Balaban J connectivity index is 2.33. The van der Waals surface area contributed by atoms with Gasteiger partial charge in [0, 0.05) is 18.2 Å². The molecule has 0 fully saturated rings. The molecular weight excluding hydrogens is 253 g/mol. The molecule has 0 bridgehead atoms. The van der Waals surface area contributed by atoms with Gasteiger partial charge in [0.1, 0.15) is 17.3 Å². The smallest absolute Gasteiger partial charge is 0.142 e. The second-order valence-electron chi connectivity index (χ2n) is 3.99. The fraction of sp³-hybridized carbons (Fsp3) is 0.143. The van der Waals surface area contributed by atoms with Gasteiger partial charge in [0.25, 0.3) is 0 Å². The van der Waals surface area contributed by atoms with Gasteiger partial charge in [-0.1, -0.05) is 23.7 Å². The topological polar surface area (TPSA) is 35.2 Å². The Labute approximate surface area is 110 Å². The summed E-state index contributed by atoms with van der Waals surface area (Å²) in [7, 11) is 0. The molecule has 94 valence electrons. The predicted molar refractivity (Wildman–Crippen MR) is 70.6 cm³/mol. The Kier molecular flexibility index (Phi) is 3.84. The average Bonchev–Trinajstić information content (AvgIpc) is 2.34. The van der Waals surface area contributed by atoms with Crippen LogP contribution in [0.5, 0.6) is 11.5 Å². The van der Waals surface area contributed by atoms with Crippen LogP contribution in [0, 0.1) is 12.7 Å². The van der Waals surface area contributed by atoms with E-state index in [4.69, 9.17) is 22.1 Å². The molecule has 0 saturated carbocycles. The largest absolute Gasteiger partial charge is 0.457 e. The van der Waals surface area contributed by atoms with Crippen LogP contribution in [0.3, 0.4) is 0 Å². The normalized spacial score (nSPS) is 10.4. The maximum atomic E-state index is 13.0. The maximum absolute atomic E-state index is 13.0. The molecule has 0 aromatic heterocycles. The zero-order valence-electron chi connectivity index (χ0n) is 9.91. The molecule has 0 aliphatic rings. The molecule has 0 amide bonds. The fourth-order valence-corrected chi connectivity index (χ4v) is 1.76. The van der Waals surface area contributed by atoms with Gasteiger partial charge in [-0.15, -0.1) is 0 Å². The Bertz CT molecular complexity index is 572. The molecule has 0 saturated heterocycles. The van der Waals surface area contributed by atoms with Crippen LogP contribution in [0.2, 0.25) is 5.02 Å². The molecule has 0 heterocycles. The third-order valence-electron chi connectivity index (χ3n) is 2.56. The monoisotopic (exact) mass is 265 g/mol. The Hall–Kier alpha value is -1.58. The summed E-state index contributed by atoms with van der Waals surface area (Å²) in [5.41, 5.74) is 7.60. The summed E-state index contributed by atoms with van der Waals surface area (Å²) in [4.78, 5) is 0. The molecule has 0 unspecified atom stereocenters. The summed E-state index contributed by atoms with van der Waals surface area (Å²) < 4.78 is 18.7. The average molecular weight is 266 g/mol. The maximum Gasteiger partial charge on any atom is 0.142 e. The number of hydrogen-bond donors (Lipinski definition) is 1. The van der Waals surface area contributed by atoms with E-state index in [2.05, 4.69) is 0 Å². The zero-order valence-corrected chi connectivity index (χ0v) is 10.7.